The van der Waals surface area contributed by atoms with Crippen LogP contribution in [0.2, 0.25) is 5.02 Å². The maximum absolute atomic E-state index is 5.96. The summed E-state index contributed by atoms with van der Waals surface area (Å²) in [5.74, 6) is 1.74. The number of furan rings is 1. The van der Waals surface area contributed by atoms with Crippen molar-refractivity contribution in [2.45, 2.75) is 17.2 Å². The van der Waals surface area contributed by atoms with E-state index < -0.39 is 0 Å². The molecule has 84 valence electrons. The van der Waals surface area contributed by atoms with Crippen molar-refractivity contribution in [3.8, 4) is 0 Å². The zero-order valence-electron chi connectivity index (χ0n) is 8.65. The van der Waals surface area contributed by atoms with Crippen LogP contribution >= 0.6 is 23.4 Å². The fourth-order valence-corrected chi connectivity index (χ4v) is 2.62. The van der Waals surface area contributed by atoms with E-state index in [9.17, 15) is 0 Å². The summed E-state index contributed by atoms with van der Waals surface area (Å²) < 4.78 is 5.27. The number of rotatable bonds is 4. The molecule has 0 aliphatic carbocycles. The van der Waals surface area contributed by atoms with Crippen LogP contribution in [0.3, 0.4) is 0 Å². The van der Waals surface area contributed by atoms with Gasteiger partial charge >= 0.3 is 0 Å². The number of benzene rings is 1. The molecule has 16 heavy (non-hydrogen) atoms. The van der Waals surface area contributed by atoms with Crippen LogP contribution in [0.15, 0.2) is 45.9 Å². The van der Waals surface area contributed by atoms with Gasteiger partial charge in [0.05, 0.1) is 12.0 Å². The Morgan fingerprint density at radius 1 is 1.31 bits per heavy atom. The van der Waals surface area contributed by atoms with Crippen molar-refractivity contribution in [3.63, 3.8) is 0 Å². The molecule has 1 heterocycles. The molecule has 0 fully saturated rings. The Kier molecular flexibility index (Phi) is 3.93. The van der Waals surface area contributed by atoms with E-state index in [1.165, 1.54) is 0 Å². The Morgan fingerprint density at radius 2 is 2.19 bits per heavy atom. The summed E-state index contributed by atoms with van der Waals surface area (Å²) in [5, 5.41) is 0.735. The molecule has 2 rings (SSSR count). The van der Waals surface area contributed by atoms with Crippen molar-refractivity contribution in [2.24, 2.45) is 5.73 Å². The average molecular weight is 254 g/mol. The molecular formula is C12H12ClNOS. The first-order chi connectivity index (χ1) is 7.79. The molecule has 2 aromatic rings. The van der Waals surface area contributed by atoms with E-state index in [4.69, 9.17) is 21.8 Å². The van der Waals surface area contributed by atoms with Crippen molar-refractivity contribution in [1.29, 1.82) is 0 Å². The highest BCUT2D eigenvalue weighted by Crippen LogP contribution is 2.28. The minimum Gasteiger partial charge on any atom is -0.468 e. The Balaban J connectivity index is 2.11. The van der Waals surface area contributed by atoms with Gasteiger partial charge in [-0.25, -0.2) is 0 Å². The Labute approximate surface area is 104 Å². The third-order valence-corrected chi connectivity index (χ3v) is 3.55. The van der Waals surface area contributed by atoms with Crippen molar-refractivity contribution in [1.82, 2.24) is 0 Å². The van der Waals surface area contributed by atoms with Gasteiger partial charge < -0.3 is 10.2 Å². The van der Waals surface area contributed by atoms with Crippen LogP contribution in [0.5, 0.6) is 0 Å². The van der Waals surface area contributed by atoms with Gasteiger partial charge in [-0.3, -0.25) is 0 Å². The fourth-order valence-electron chi connectivity index (χ4n) is 1.37. The molecule has 1 aromatic carbocycles. The van der Waals surface area contributed by atoms with Gasteiger partial charge in [-0.15, -0.1) is 11.8 Å². The first-order valence-electron chi connectivity index (χ1n) is 4.93. The average Bonchev–Trinajstić information content (AvgIpc) is 2.79. The highest BCUT2D eigenvalue weighted by atomic mass is 35.5. The molecular weight excluding hydrogens is 242 g/mol. The zero-order chi connectivity index (χ0) is 11.4. The van der Waals surface area contributed by atoms with Crippen LogP contribution in [0.1, 0.15) is 11.3 Å². The van der Waals surface area contributed by atoms with Crippen molar-refractivity contribution in [2.75, 3.05) is 0 Å². The Bertz CT molecular complexity index is 456. The second-order valence-corrected chi connectivity index (χ2v) is 4.78. The topological polar surface area (TPSA) is 39.2 Å². The second-order valence-electron chi connectivity index (χ2n) is 3.32. The van der Waals surface area contributed by atoms with Crippen LogP contribution in [0.4, 0.5) is 0 Å². The molecule has 0 bridgehead atoms. The summed E-state index contributed by atoms with van der Waals surface area (Å²) in [6.07, 6.45) is 1.68. The Morgan fingerprint density at radius 3 is 2.88 bits per heavy atom. The van der Waals surface area contributed by atoms with Gasteiger partial charge in [0.25, 0.3) is 0 Å². The summed E-state index contributed by atoms with van der Waals surface area (Å²) >= 11 is 7.64. The van der Waals surface area contributed by atoms with Gasteiger partial charge in [-0.05, 0) is 29.8 Å². The zero-order valence-corrected chi connectivity index (χ0v) is 10.2. The van der Waals surface area contributed by atoms with Crippen LogP contribution in [0.25, 0.3) is 0 Å². The lowest BCUT2D eigenvalue weighted by Crippen LogP contribution is -1.98. The van der Waals surface area contributed by atoms with Crippen LogP contribution in [-0.2, 0) is 12.3 Å². The molecule has 0 radical (unpaired) electrons. The number of nitrogens with two attached hydrogens (primary N) is 1. The SMILES string of the molecule is NCc1ccc(Cl)cc1SCc1ccco1. The number of hydrogen-bond acceptors (Lipinski definition) is 3. The molecule has 0 aliphatic rings. The van der Waals surface area contributed by atoms with E-state index in [0.717, 1.165) is 27.0 Å². The summed E-state index contributed by atoms with van der Waals surface area (Å²) in [7, 11) is 0. The van der Waals surface area contributed by atoms with Gasteiger partial charge in [0, 0.05) is 16.5 Å². The third-order valence-electron chi connectivity index (χ3n) is 2.20. The summed E-state index contributed by atoms with van der Waals surface area (Å²) in [5.41, 5.74) is 6.78. The number of hydrogen-bond donors (Lipinski definition) is 1. The van der Waals surface area contributed by atoms with Crippen molar-refractivity contribution in [3.05, 3.63) is 52.9 Å². The molecule has 1 aromatic heterocycles. The van der Waals surface area contributed by atoms with Crippen LogP contribution < -0.4 is 5.73 Å². The van der Waals surface area contributed by atoms with E-state index in [-0.39, 0.29) is 0 Å². The van der Waals surface area contributed by atoms with Gasteiger partial charge in [0.2, 0.25) is 0 Å². The molecule has 0 saturated heterocycles. The monoisotopic (exact) mass is 253 g/mol. The Hall–Kier alpha value is -0.900. The highest BCUT2D eigenvalue weighted by Gasteiger charge is 2.04. The minimum atomic E-state index is 0.525. The number of halogens is 1. The number of thioether (sulfide) groups is 1. The molecule has 4 heteroatoms. The molecule has 0 unspecified atom stereocenters. The summed E-state index contributed by atoms with van der Waals surface area (Å²) in [6, 6.07) is 9.61. The largest absolute Gasteiger partial charge is 0.468 e. The predicted molar refractivity (Wildman–Crippen MR) is 67.6 cm³/mol. The van der Waals surface area contributed by atoms with Crippen LogP contribution in [0, 0.1) is 0 Å². The molecule has 0 amide bonds. The van der Waals surface area contributed by atoms with Gasteiger partial charge in [-0.1, -0.05) is 17.7 Å². The summed E-state index contributed by atoms with van der Waals surface area (Å²) in [4.78, 5) is 1.12. The van der Waals surface area contributed by atoms with E-state index >= 15 is 0 Å². The first kappa shape index (κ1) is 11.6. The van der Waals surface area contributed by atoms with E-state index in [1.807, 2.05) is 30.3 Å². The van der Waals surface area contributed by atoms with Crippen molar-refractivity contribution < 1.29 is 4.42 Å². The molecule has 0 atom stereocenters. The van der Waals surface area contributed by atoms with E-state index in [1.54, 1.807) is 18.0 Å². The van der Waals surface area contributed by atoms with E-state index in [2.05, 4.69) is 0 Å². The van der Waals surface area contributed by atoms with Gasteiger partial charge in [0.1, 0.15) is 5.76 Å². The molecule has 2 N–H and O–H groups in total. The van der Waals surface area contributed by atoms with Gasteiger partial charge in [0.15, 0.2) is 0 Å². The van der Waals surface area contributed by atoms with Gasteiger partial charge in [-0.2, -0.15) is 0 Å². The lowest BCUT2D eigenvalue weighted by molar-refractivity contribution is 0.530. The molecule has 0 saturated carbocycles. The van der Waals surface area contributed by atoms with Crippen LogP contribution in [-0.4, -0.2) is 0 Å². The van der Waals surface area contributed by atoms with E-state index in [0.29, 0.717) is 6.54 Å². The maximum atomic E-state index is 5.96. The lowest BCUT2D eigenvalue weighted by Gasteiger charge is -2.06. The quantitative estimate of drug-likeness (QED) is 0.845. The lowest BCUT2D eigenvalue weighted by atomic mass is 10.2. The predicted octanol–water partition coefficient (Wildman–Crippen LogP) is 3.68. The second kappa shape index (κ2) is 5.43. The minimum absolute atomic E-state index is 0.525. The summed E-state index contributed by atoms with van der Waals surface area (Å²) in [6.45, 7) is 0.525. The molecule has 2 nitrogen and oxygen atoms in total. The first-order valence-corrected chi connectivity index (χ1v) is 6.29. The maximum Gasteiger partial charge on any atom is 0.113 e. The molecule has 0 aliphatic heterocycles. The fraction of sp³-hybridized carbons (Fsp3) is 0.167. The highest BCUT2D eigenvalue weighted by molar-refractivity contribution is 7.98. The normalized spacial score (nSPS) is 10.6. The molecule has 0 spiro atoms. The standard InChI is InChI=1S/C12H12ClNOS/c13-10-4-3-9(7-14)12(6-10)16-8-11-2-1-5-15-11/h1-6H,7-8,14H2. The third kappa shape index (κ3) is 2.82. The smallest absolute Gasteiger partial charge is 0.113 e. The van der Waals surface area contributed by atoms with Crippen molar-refractivity contribution >= 4 is 23.4 Å².